The Bertz CT molecular complexity index is 644. The van der Waals surface area contributed by atoms with Gasteiger partial charge in [-0.25, -0.2) is 0 Å². The third-order valence-electron chi connectivity index (χ3n) is 7.46. The summed E-state index contributed by atoms with van der Waals surface area (Å²) < 4.78 is 29.2. The van der Waals surface area contributed by atoms with E-state index in [0.29, 0.717) is 34.5 Å². The third kappa shape index (κ3) is 26.1. The summed E-state index contributed by atoms with van der Waals surface area (Å²) in [5.74, 6) is 2.03. The average molecular weight is 613 g/mol. The van der Waals surface area contributed by atoms with Gasteiger partial charge in [0.25, 0.3) is 0 Å². The summed E-state index contributed by atoms with van der Waals surface area (Å²) in [6.45, 7) is 26.7. The molecular formula is C32H70O4P2S. The molecule has 0 saturated heterocycles. The molecule has 0 aliphatic carbocycles. The molecule has 6 unspecified atom stereocenters. The van der Waals surface area contributed by atoms with Crippen LogP contribution in [0.1, 0.15) is 154 Å². The smallest absolute Gasteiger partial charge is 0.316 e. The zero-order chi connectivity index (χ0) is 30.9. The molecule has 0 rings (SSSR count). The lowest BCUT2D eigenvalue weighted by Gasteiger charge is -2.28. The van der Waals surface area contributed by atoms with Crippen LogP contribution in [0.2, 0.25) is 0 Å². The molecule has 0 aliphatic heterocycles. The molecule has 0 aliphatic rings. The summed E-state index contributed by atoms with van der Waals surface area (Å²) in [6, 6.07) is 0. The van der Waals surface area contributed by atoms with E-state index < -0.39 is 14.6 Å². The zero-order valence-corrected chi connectivity index (χ0v) is 30.9. The monoisotopic (exact) mass is 612 g/mol. The minimum atomic E-state index is -2.84. The maximum Gasteiger partial charge on any atom is 0.316 e. The second-order valence-corrected chi connectivity index (χ2v) is 20.2. The Balaban J connectivity index is 0. The Morgan fingerprint density at radius 2 is 1.26 bits per heavy atom. The van der Waals surface area contributed by atoms with Crippen molar-refractivity contribution < 1.29 is 18.5 Å². The van der Waals surface area contributed by atoms with E-state index >= 15 is 0 Å². The van der Waals surface area contributed by atoms with Gasteiger partial charge in [-0.15, -0.1) is 12.2 Å². The number of unbranched alkanes of at least 4 members (excludes halogenated alkanes) is 2. The quantitative estimate of drug-likeness (QED) is 0.112. The average Bonchev–Trinajstić information content (AvgIpc) is 2.73. The lowest BCUT2D eigenvalue weighted by atomic mass is 9.85. The summed E-state index contributed by atoms with van der Waals surface area (Å²) >= 11 is 4.52. The van der Waals surface area contributed by atoms with Gasteiger partial charge in [0.05, 0.1) is 6.10 Å². The molecule has 7 heteroatoms. The van der Waals surface area contributed by atoms with Gasteiger partial charge >= 0.3 is 8.25 Å². The summed E-state index contributed by atoms with van der Waals surface area (Å²) in [4.78, 5) is 9.18. The summed E-state index contributed by atoms with van der Waals surface area (Å²) in [5.41, 5.74) is 0.619. The van der Waals surface area contributed by atoms with E-state index in [1.807, 2.05) is 0 Å². The molecule has 0 radical (unpaired) electrons. The second kappa shape index (κ2) is 21.4. The van der Waals surface area contributed by atoms with Crippen molar-refractivity contribution in [2.24, 2.45) is 34.5 Å². The molecule has 4 nitrogen and oxygen atoms in total. The van der Waals surface area contributed by atoms with Gasteiger partial charge in [0.15, 0.2) is 0 Å². The largest absolute Gasteiger partial charge is 0.326 e. The van der Waals surface area contributed by atoms with Crippen LogP contribution in [0, 0.1) is 34.5 Å². The molecule has 6 atom stereocenters. The molecule has 0 aromatic rings. The highest BCUT2D eigenvalue weighted by atomic mass is 32.7. The summed E-state index contributed by atoms with van der Waals surface area (Å²) in [5, 5.41) is 0. The van der Waals surface area contributed by atoms with E-state index in [9.17, 15) is 14.0 Å². The molecule has 1 N–H and O–H groups in total. The number of thiol groups is 1. The second-order valence-electron chi connectivity index (χ2n) is 14.8. The zero-order valence-electron chi connectivity index (χ0n) is 28.1. The van der Waals surface area contributed by atoms with Gasteiger partial charge in [0, 0.05) is 12.3 Å². The maximum atomic E-state index is 12.7. The van der Waals surface area contributed by atoms with Gasteiger partial charge in [-0.1, -0.05) is 128 Å². The molecule has 0 aromatic carbocycles. The first-order valence-corrected chi connectivity index (χ1v) is 20.5. The lowest BCUT2D eigenvalue weighted by Crippen LogP contribution is -2.25. The van der Waals surface area contributed by atoms with E-state index in [4.69, 9.17) is 4.52 Å². The SMILES string of the molecule is CC(CC(C)(C)C)CP(=O)(S)CC(C)CC(C)(C)C.CCCCC(CC)CC(O[PH](=O)O)C(CC)CCCC. The van der Waals surface area contributed by atoms with E-state index in [1.54, 1.807) is 0 Å². The number of hydrogen-bond donors (Lipinski definition) is 2. The first-order valence-electron chi connectivity index (χ1n) is 16.0. The maximum absolute atomic E-state index is 12.7. The van der Waals surface area contributed by atoms with Gasteiger partial charge in [-0.2, -0.15) is 0 Å². The third-order valence-corrected chi connectivity index (χ3v) is 11.3. The first-order chi connectivity index (χ1) is 17.8. The Hall–Kier alpha value is 0.730. The molecule has 0 saturated carbocycles. The van der Waals surface area contributed by atoms with Crippen molar-refractivity contribution in [1.29, 1.82) is 0 Å². The van der Waals surface area contributed by atoms with Crippen LogP contribution in [0.4, 0.5) is 0 Å². The van der Waals surface area contributed by atoms with Crippen LogP contribution >= 0.6 is 26.8 Å². The molecule has 39 heavy (non-hydrogen) atoms. The fourth-order valence-electron chi connectivity index (χ4n) is 6.16. The van der Waals surface area contributed by atoms with Gasteiger partial charge in [-0.05, 0) is 60.2 Å². The van der Waals surface area contributed by atoms with E-state index in [-0.39, 0.29) is 6.10 Å². The summed E-state index contributed by atoms with van der Waals surface area (Å²) in [7, 11) is -2.84. The van der Waals surface area contributed by atoms with Crippen molar-refractivity contribution in [3.8, 4) is 0 Å². The Morgan fingerprint density at radius 3 is 1.59 bits per heavy atom. The van der Waals surface area contributed by atoms with E-state index in [0.717, 1.165) is 50.8 Å². The predicted octanol–water partition coefficient (Wildman–Crippen LogP) is 11.9. The Kier molecular flexibility index (Phi) is 23.0. The lowest BCUT2D eigenvalue weighted by molar-refractivity contribution is 0.0893. The molecule has 0 amide bonds. The molecular weight excluding hydrogens is 542 g/mol. The summed E-state index contributed by atoms with van der Waals surface area (Å²) in [6.07, 6.45) is 11.7. The van der Waals surface area contributed by atoms with Crippen LogP contribution in [0.25, 0.3) is 0 Å². The van der Waals surface area contributed by atoms with Crippen LogP contribution in [0.5, 0.6) is 0 Å². The predicted molar refractivity (Wildman–Crippen MR) is 180 cm³/mol. The number of hydrogen-bond acceptors (Lipinski definition) is 3. The first kappa shape index (κ1) is 41.9. The Morgan fingerprint density at radius 1 is 0.821 bits per heavy atom. The minimum absolute atomic E-state index is 0.0373. The fourth-order valence-corrected chi connectivity index (χ4v) is 10.7. The molecule has 0 aromatic heterocycles. The van der Waals surface area contributed by atoms with Crippen molar-refractivity contribution in [3.63, 3.8) is 0 Å². The minimum Gasteiger partial charge on any atom is -0.326 e. The van der Waals surface area contributed by atoms with E-state index in [1.165, 1.54) is 32.1 Å². The highest BCUT2D eigenvalue weighted by molar-refractivity contribution is 8.48. The van der Waals surface area contributed by atoms with Gasteiger partial charge in [0.1, 0.15) is 6.34 Å². The Labute approximate surface area is 251 Å². The van der Waals surface area contributed by atoms with Gasteiger partial charge in [0.2, 0.25) is 0 Å². The molecule has 0 heterocycles. The van der Waals surface area contributed by atoms with Crippen molar-refractivity contribution in [1.82, 2.24) is 0 Å². The normalized spacial score (nSPS) is 18.7. The van der Waals surface area contributed by atoms with Gasteiger partial charge in [-0.3, -0.25) is 4.57 Å². The van der Waals surface area contributed by atoms with Crippen molar-refractivity contribution in [2.45, 2.75) is 160 Å². The molecule has 0 bridgehead atoms. The van der Waals surface area contributed by atoms with Crippen LogP contribution in [-0.2, 0) is 13.7 Å². The molecule has 238 valence electrons. The van der Waals surface area contributed by atoms with Crippen LogP contribution < -0.4 is 0 Å². The van der Waals surface area contributed by atoms with Gasteiger partial charge < -0.3 is 14.0 Å². The van der Waals surface area contributed by atoms with Crippen molar-refractivity contribution >= 4 is 26.8 Å². The fraction of sp³-hybridized carbons (Fsp3) is 1.00. The standard InChI is InChI=1S/C16H35O3P.C16H35OPS/c1-5-9-11-14(7-3)13-16(19-20(17)18)15(8-4)12-10-6-2;1-13(9-15(3,4)5)11-18(17,19)12-14(2)10-16(6,7)8/h14-16,20H,5-13H2,1-4H3,(H,17,18);13-14H,9-12H2,1-8H3,(H,17,19). The molecule has 0 fully saturated rings. The van der Waals surface area contributed by atoms with Crippen molar-refractivity contribution in [2.75, 3.05) is 12.3 Å². The highest BCUT2D eigenvalue weighted by Crippen LogP contribution is 2.55. The van der Waals surface area contributed by atoms with E-state index in [2.05, 4.69) is 95.3 Å². The van der Waals surface area contributed by atoms with Crippen LogP contribution in [0.3, 0.4) is 0 Å². The molecule has 0 spiro atoms. The highest BCUT2D eigenvalue weighted by Gasteiger charge is 2.28. The van der Waals surface area contributed by atoms with Crippen LogP contribution in [-0.4, -0.2) is 23.3 Å². The van der Waals surface area contributed by atoms with Crippen LogP contribution in [0.15, 0.2) is 0 Å². The van der Waals surface area contributed by atoms with Crippen molar-refractivity contribution in [3.05, 3.63) is 0 Å². The number of rotatable bonds is 19. The topological polar surface area (TPSA) is 63.6 Å².